The summed E-state index contributed by atoms with van der Waals surface area (Å²) in [6.45, 7) is 13.3. The fraction of sp³-hybridized carbons (Fsp3) is 0.333. The average Bonchev–Trinajstić information content (AvgIpc) is 2.66. The van der Waals surface area contributed by atoms with Gasteiger partial charge in [-0.05, 0) is 46.2 Å². The Kier molecular flexibility index (Phi) is 3.82. The maximum atomic E-state index is 7.41. The fourth-order valence-electron chi connectivity index (χ4n) is 4.51. The Morgan fingerprint density at radius 3 is 1.47 bits per heavy atom. The van der Waals surface area contributed by atoms with Crippen LogP contribution in [0.15, 0.2) is 54.6 Å². The maximum absolute atomic E-state index is 7.41. The molecule has 2 aliphatic heterocycles. The lowest BCUT2D eigenvalue weighted by molar-refractivity contribution is 0.398. The highest BCUT2D eigenvalue weighted by Crippen LogP contribution is 2.59. The van der Waals surface area contributed by atoms with E-state index in [-0.39, 0.29) is 10.8 Å². The smallest absolute Gasteiger partial charge is 0.134 e. The first kappa shape index (κ1) is 19.3. The van der Waals surface area contributed by atoms with Gasteiger partial charge >= 0.3 is 0 Å². The zero-order chi connectivity index (χ0) is 21.5. The Hall–Kier alpha value is -2.68. The van der Waals surface area contributed by atoms with Crippen molar-refractivity contribution in [3.05, 3.63) is 82.4 Å². The molecule has 0 aromatic heterocycles. The lowest BCUT2D eigenvalue weighted by atomic mass is 9.53. The molecule has 0 N–H and O–H groups in total. The second kappa shape index (κ2) is 5.94. The molecule has 2 nitrogen and oxygen atoms in total. The monoisotopic (exact) mass is 394 g/mol. The molecule has 150 valence electrons. The van der Waals surface area contributed by atoms with Gasteiger partial charge < -0.3 is 9.47 Å². The lowest BCUT2D eigenvalue weighted by Gasteiger charge is -2.44. The summed E-state index contributed by atoms with van der Waals surface area (Å²) < 4.78 is 12.6. The molecule has 0 saturated carbocycles. The van der Waals surface area contributed by atoms with Gasteiger partial charge in [0.25, 0.3) is 0 Å². The van der Waals surface area contributed by atoms with Crippen LogP contribution in [-0.4, -0.2) is 7.85 Å². The molecule has 3 aromatic rings. The van der Waals surface area contributed by atoms with Gasteiger partial charge in [-0.25, -0.2) is 0 Å². The quantitative estimate of drug-likeness (QED) is 0.384. The van der Waals surface area contributed by atoms with E-state index in [4.69, 9.17) is 17.3 Å². The molecule has 3 heteroatoms. The van der Waals surface area contributed by atoms with Crippen LogP contribution >= 0.6 is 0 Å². The molecular formula is C27H27BO2. The summed E-state index contributed by atoms with van der Waals surface area (Å²) in [6.07, 6.45) is 0. The molecule has 5 rings (SSSR count). The molecule has 0 saturated heterocycles. The minimum Gasteiger partial charge on any atom is -0.457 e. The van der Waals surface area contributed by atoms with E-state index >= 15 is 0 Å². The van der Waals surface area contributed by atoms with Crippen molar-refractivity contribution in [2.75, 3.05) is 0 Å². The van der Waals surface area contributed by atoms with E-state index in [1.165, 1.54) is 11.1 Å². The first-order valence-electron chi connectivity index (χ1n) is 10.6. The zero-order valence-electron chi connectivity index (χ0n) is 18.6. The second-order valence-electron chi connectivity index (χ2n) is 10.6. The van der Waals surface area contributed by atoms with Crippen molar-refractivity contribution in [2.24, 2.45) is 0 Å². The fourth-order valence-corrected chi connectivity index (χ4v) is 4.51. The average molecular weight is 394 g/mol. The number of ether oxygens (including phenoxy) is 2. The number of hydrogen-bond donors (Lipinski definition) is 0. The number of fused-ring (bicyclic) bond motifs is 4. The summed E-state index contributed by atoms with van der Waals surface area (Å²) in [5.41, 5.74) is 5.36. The van der Waals surface area contributed by atoms with Crippen molar-refractivity contribution in [3.8, 4) is 23.0 Å². The van der Waals surface area contributed by atoms with Crippen molar-refractivity contribution in [3.63, 3.8) is 0 Å². The van der Waals surface area contributed by atoms with Crippen LogP contribution in [0.3, 0.4) is 0 Å². The van der Waals surface area contributed by atoms with Gasteiger partial charge in [0.1, 0.15) is 23.0 Å². The molecule has 30 heavy (non-hydrogen) atoms. The van der Waals surface area contributed by atoms with Crippen molar-refractivity contribution in [2.45, 2.75) is 57.7 Å². The zero-order valence-corrected chi connectivity index (χ0v) is 18.6. The topological polar surface area (TPSA) is 18.5 Å². The van der Waals surface area contributed by atoms with Gasteiger partial charge in [-0.15, -0.1) is 0 Å². The minimum atomic E-state index is -0.838. The molecule has 0 atom stereocenters. The van der Waals surface area contributed by atoms with Crippen LogP contribution in [0.5, 0.6) is 23.0 Å². The van der Waals surface area contributed by atoms with E-state index in [0.29, 0.717) is 0 Å². The highest BCUT2D eigenvalue weighted by atomic mass is 16.5. The van der Waals surface area contributed by atoms with E-state index in [2.05, 4.69) is 77.9 Å². The van der Waals surface area contributed by atoms with E-state index in [9.17, 15) is 0 Å². The highest BCUT2D eigenvalue weighted by Gasteiger charge is 2.46. The summed E-state index contributed by atoms with van der Waals surface area (Å²) in [5, 5.41) is -0.838. The van der Waals surface area contributed by atoms with E-state index in [1.54, 1.807) is 0 Å². The van der Waals surface area contributed by atoms with E-state index in [1.807, 2.05) is 18.2 Å². The molecule has 0 amide bonds. The van der Waals surface area contributed by atoms with Crippen molar-refractivity contribution < 1.29 is 9.47 Å². The predicted molar refractivity (Wildman–Crippen MR) is 123 cm³/mol. The van der Waals surface area contributed by atoms with E-state index < -0.39 is 5.31 Å². The normalized spacial score (nSPS) is 15.9. The third-order valence-corrected chi connectivity index (χ3v) is 6.36. The minimum absolute atomic E-state index is 0.00639. The lowest BCUT2D eigenvalue weighted by Crippen LogP contribution is -2.37. The van der Waals surface area contributed by atoms with Crippen molar-refractivity contribution in [1.82, 2.24) is 0 Å². The molecule has 0 spiro atoms. The van der Waals surface area contributed by atoms with Gasteiger partial charge in [-0.1, -0.05) is 71.9 Å². The Balaban J connectivity index is 1.85. The van der Waals surface area contributed by atoms with Crippen LogP contribution in [0.2, 0.25) is 0 Å². The van der Waals surface area contributed by atoms with Crippen LogP contribution in [0, 0.1) is 0 Å². The van der Waals surface area contributed by atoms with E-state index in [0.717, 1.165) is 39.7 Å². The molecule has 2 aliphatic rings. The maximum Gasteiger partial charge on any atom is 0.134 e. The van der Waals surface area contributed by atoms with Gasteiger partial charge in [0.15, 0.2) is 0 Å². The first-order valence-corrected chi connectivity index (χ1v) is 10.6. The SMILES string of the molecule is [B]C12c3cc(C(C)(C)C)ccc3Oc3cccc(c31)Oc1ccc(C(C)(C)C)cc12. The van der Waals surface area contributed by atoms with Crippen molar-refractivity contribution in [1.29, 1.82) is 0 Å². The van der Waals surface area contributed by atoms with Gasteiger partial charge in [0.05, 0.1) is 7.85 Å². The Morgan fingerprint density at radius 2 is 1.07 bits per heavy atom. The Bertz CT molecular complexity index is 1090. The summed E-state index contributed by atoms with van der Waals surface area (Å²) >= 11 is 0. The number of rotatable bonds is 0. The summed E-state index contributed by atoms with van der Waals surface area (Å²) in [7, 11) is 7.41. The largest absolute Gasteiger partial charge is 0.457 e. The molecule has 2 heterocycles. The molecule has 0 unspecified atom stereocenters. The van der Waals surface area contributed by atoms with Crippen LogP contribution in [0.4, 0.5) is 0 Å². The van der Waals surface area contributed by atoms with Crippen molar-refractivity contribution >= 4 is 7.85 Å². The van der Waals surface area contributed by atoms with Crippen LogP contribution in [0.1, 0.15) is 69.4 Å². The van der Waals surface area contributed by atoms with Gasteiger partial charge in [0, 0.05) is 22.0 Å². The molecular weight excluding hydrogens is 367 g/mol. The molecule has 2 radical (unpaired) electrons. The summed E-state index contributed by atoms with van der Waals surface area (Å²) in [4.78, 5) is 0. The molecule has 0 fully saturated rings. The van der Waals surface area contributed by atoms with Crippen LogP contribution in [0.25, 0.3) is 0 Å². The highest BCUT2D eigenvalue weighted by molar-refractivity contribution is 6.22. The standard InChI is InChI=1S/C27H27BO2/c1-25(2,3)16-10-12-20-18(14-16)27(28)19-15-17(26(4,5)6)11-13-21(19)30-23-9-7-8-22(29-20)24(23)27/h7-15H,1-6H3. The van der Waals surface area contributed by atoms with Crippen LogP contribution < -0.4 is 9.47 Å². The molecule has 0 bridgehead atoms. The molecule has 0 aliphatic carbocycles. The first-order chi connectivity index (χ1) is 14.0. The third-order valence-electron chi connectivity index (χ3n) is 6.36. The predicted octanol–water partition coefficient (Wildman–Crippen LogP) is 6.95. The van der Waals surface area contributed by atoms with Gasteiger partial charge in [-0.3, -0.25) is 0 Å². The second-order valence-corrected chi connectivity index (χ2v) is 10.6. The summed E-state index contributed by atoms with van der Waals surface area (Å²) in [6, 6.07) is 18.7. The Labute approximate surface area is 180 Å². The van der Waals surface area contributed by atoms with Gasteiger partial charge in [-0.2, -0.15) is 0 Å². The number of hydrogen-bond acceptors (Lipinski definition) is 2. The number of benzene rings is 3. The summed E-state index contributed by atoms with van der Waals surface area (Å²) in [5.74, 6) is 3.14. The van der Waals surface area contributed by atoms with Gasteiger partial charge in [0.2, 0.25) is 0 Å². The Morgan fingerprint density at radius 1 is 0.633 bits per heavy atom. The van der Waals surface area contributed by atoms with Crippen LogP contribution in [-0.2, 0) is 16.1 Å². The molecule has 3 aromatic carbocycles. The third kappa shape index (κ3) is 2.64.